The fraction of sp³-hybridized carbons (Fsp3) is 0.600. The molecule has 1 fully saturated rings. The summed E-state index contributed by atoms with van der Waals surface area (Å²) < 4.78 is 18.9. The quantitative estimate of drug-likeness (QED) is 0.869. The lowest BCUT2D eigenvalue weighted by molar-refractivity contribution is 0.0788. The van der Waals surface area contributed by atoms with Crippen molar-refractivity contribution in [3.05, 3.63) is 35.1 Å². The van der Waals surface area contributed by atoms with Gasteiger partial charge in [0.2, 0.25) is 0 Å². The predicted octanol–water partition coefficient (Wildman–Crippen LogP) is 2.83. The third kappa shape index (κ3) is 3.30. The lowest BCUT2D eigenvalue weighted by Gasteiger charge is -2.24. The molecule has 1 heterocycles. The molecule has 0 spiro atoms. The summed E-state index contributed by atoms with van der Waals surface area (Å²) in [5, 5.41) is 3.50. The van der Waals surface area contributed by atoms with Crippen LogP contribution in [-0.4, -0.2) is 25.3 Å². The van der Waals surface area contributed by atoms with Gasteiger partial charge < -0.3 is 10.1 Å². The molecule has 0 amide bonds. The normalized spacial score (nSPS) is 21.2. The smallest absolute Gasteiger partial charge is 0.123 e. The van der Waals surface area contributed by atoms with E-state index in [0.717, 1.165) is 38.0 Å². The van der Waals surface area contributed by atoms with E-state index >= 15 is 0 Å². The molecule has 0 saturated carbocycles. The molecule has 1 aliphatic heterocycles. The topological polar surface area (TPSA) is 21.3 Å². The Kier molecular flexibility index (Phi) is 4.72. The van der Waals surface area contributed by atoms with Crippen LogP contribution in [0.15, 0.2) is 18.2 Å². The van der Waals surface area contributed by atoms with Crippen LogP contribution in [0.3, 0.4) is 0 Å². The van der Waals surface area contributed by atoms with Crippen LogP contribution in [-0.2, 0) is 11.2 Å². The molecule has 0 aromatic heterocycles. The van der Waals surface area contributed by atoms with E-state index < -0.39 is 0 Å². The zero-order chi connectivity index (χ0) is 13.0. The van der Waals surface area contributed by atoms with Crippen molar-refractivity contribution in [3.8, 4) is 0 Å². The first-order valence-electron chi connectivity index (χ1n) is 6.80. The summed E-state index contributed by atoms with van der Waals surface area (Å²) in [6.45, 7) is 5.89. The molecular formula is C15H22FNO. The van der Waals surface area contributed by atoms with Crippen LogP contribution in [0.25, 0.3) is 0 Å². The first-order valence-corrected chi connectivity index (χ1v) is 6.80. The number of aryl methyl sites for hydroxylation is 1. The van der Waals surface area contributed by atoms with E-state index in [1.54, 1.807) is 12.1 Å². The van der Waals surface area contributed by atoms with Gasteiger partial charge in [-0.3, -0.25) is 0 Å². The van der Waals surface area contributed by atoms with Gasteiger partial charge in [0.1, 0.15) is 5.82 Å². The first-order chi connectivity index (χ1) is 8.70. The zero-order valence-corrected chi connectivity index (χ0v) is 11.2. The highest BCUT2D eigenvalue weighted by Crippen LogP contribution is 2.20. The SMILES string of the molecule is CCNC(Cc1ccc(F)cc1C)C1CCCO1. The molecule has 0 aliphatic carbocycles. The van der Waals surface area contributed by atoms with Crippen LogP contribution >= 0.6 is 0 Å². The van der Waals surface area contributed by atoms with Gasteiger partial charge in [-0.2, -0.15) is 0 Å². The van der Waals surface area contributed by atoms with Gasteiger partial charge in [-0.25, -0.2) is 4.39 Å². The average Bonchev–Trinajstić information content (AvgIpc) is 2.85. The highest BCUT2D eigenvalue weighted by Gasteiger charge is 2.25. The van der Waals surface area contributed by atoms with Gasteiger partial charge in [0, 0.05) is 12.6 Å². The average molecular weight is 251 g/mol. The highest BCUT2D eigenvalue weighted by molar-refractivity contribution is 5.27. The Morgan fingerprint density at radius 3 is 2.94 bits per heavy atom. The Morgan fingerprint density at radius 1 is 1.50 bits per heavy atom. The van der Waals surface area contributed by atoms with E-state index in [1.165, 1.54) is 5.56 Å². The molecule has 2 atom stereocenters. The molecule has 1 N–H and O–H groups in total. The first kappa shape index (κ1) is 13.5. The van der Waals surface area contributed by atoms with Crippen molar-refractivity contribution in [2.45, 2.75) is 45.3 Å². The summed E-state index contributed by atoms with van der Waals surface area (Å²) in [5.41, 5.74) is 2.23. The zero-order valence-electron chi connectivity index (χ0n) is 11.2. The number of rotatable bonds is 5. The number of ether oxygens (including phenoxy) is 1. The van der Waals surface area contributed by atoms with E-state index in [-0.39, 0.29) is 5.82 Å². The van der Waals surface area contributed by atoms with Crippen molar-refractivity contribution < 1.29 is 9.13 Å². The highest BCUT2D eigenvalue weighted by atomic mass is 19.1. The molecule has 1 aliphatic rings. The maximum Gasteiger partial charge on any atom is 0.123 e. The largest absolute Gasteiger partial charge is 0.377 e. The Labute approximate surface area is 109 Å². The molecule has 100 valence electrons. The Bertz CT molecular complexity index is 388. The molecule has 3 heteroatoms. The molecule has 1 saturated heterocycles. The van der Waals surface area contributed by atoms with E-state index in [4.69, 9.17) is 4.74 Å². The minimum Gasteiger partial charge on any atom is -0.377 e. The van der Waals surface area contributed by atoms with E-state index in [1.807, 2.05) is 13.0 Å². The van der Waals surface area contributed by atoms with Crippen molar-refractivity contribution in [3.63, 3.8) is 0 Å². The van der Waals surface area contributed by atoms with Gasteiger partial charge in [-0.05, 0) is 56.0 Å². The Hall–Kier alpha value is -0.930. The van der Waals surface area contributed by atoms with Gasteiger partial charge >= 0.3 is 0 Å². The van der Waals surface area contributed by atoms with Crippen LogP contribution in [0, 0.1) is 12.7 Å². The molecule has 1 aromatic rings. The number of hydrogen-bond donors (Lipinski definition) is 1. The molecule has 18 heavy (non-hydrogen) atoms. The van der Waals surface area contributed by atoms with Gasteiger partial charge in [0.25, 0.3) is 0 Å². The summed E-state index contributed by atoms with van der Waals surface area (Å²) in [5.74, 6) is -0.159. The maximum absolute atomic E-state index is 13.1. The van der Waals surface area contributed by atoms with E-state index in [0.29, 0.717) is 12.1 Å². The van der Waals surface area contributed by atoms with Crippen molar-refractivity contribution in [2.24, 2.45) is 0 Å². The minimum atomic E-state index is -0.159. The van der Waals surface area contributed by atoms with Crippen molar-refractivity contribution >= 4 is 0 Å². The summed E-state index contributed by atoms with van der Waals surface area (Å²) in [6.07, 6.45) is 3.48. The third-order valence-corrected chi connectivity index (χ3v) is 3.62. The fourth-order valence-electron chi connectivity index (χ4n) is 2.64. The second-order valence-electron chi connectivity index (χ2n) is 4.99. The molecule has 0 radical (unpaired) electrons. The van der Waals surface area contributed by atoms with Crippen LogP contribution < -0.4 is 5.32 Å². The molecule has 2 unspecified atom stereocenters. The van der Waals surface area contributed by atoms with Crippen LogP contribution in [0.1, 0.15) is 30.9 Å². The molecular weight excluding hydrogens is 229 g/mol. The molecule has 2 nitrogen and oxygen atoms in total. The number of hydrogen-bond acceptors (Lipinski definition) is 2. The van der Waals surface area contributed by atoms with Crippen molar-refractivity contribution in [1.29, 1.82) is 0 Å². The third-order valence-electron chi connectivity index (χ3n) is 3.62. The van der Waals surface area contributed by atoms with E-state index in [9.17, 15) is 4.39 Å². The monoisotopic (exact) mass is 251 g/mol. The van der Waals surface area contributed by atoms with Crippen LogP contribution in [0.4, 0.5) is 4.39 Å². The van der Waals surface area contributed by atoms with Crippen molar-refractivity contribution in [1.82, 2.24) is 5.32 Å². The van der Waals surface area contributed by atoms with Gasteiger partial charge in [-0.1, -0.05) is 13.0 Å². The summed E-state index contributed by atoms with van der Waals surface area (Å²) in [6, 6.07) is 5.38. The Morgan fingerprint density at radius 2 is 2.33 bits per heavy atom. The molecule has 1 aromatic carbocycles. The maximum atomic E-state index is 13.1. The summed E-state index contributed by atoms with van der Waals surface area (Å²) in [7, 11) is 0. The van der Waals surface area contributed by atoms with Crippen LogP contribution in [0.2, 0.25) is 0 Å². The standard InChI is InChI=1S/C15H22FNO/c1-3-17-14(15-5-4-8-18-15)10-12-6-7-13(16)9-11(12)2/h6-7,9,14-15,17H,3-5,8,10H2,1-2H3. The van der Waals surface area contributed by atoms with Crippen molar-refractivity contribution in [2.75, 3.05) is 13.2 Å². The lowest BCUT2D eigenvalue weighted by atomic mass is 9.96. The number of benzene rings is 1. The lowest BCUT2D eigenvalue weighted by Crippen LogP contribution is -2.41. The van der Waals surface area contributed by atoms with Crippen LogP contribution in [0.5, 0.6) is 0 Å². The van der Waals surface area contributed by atoms with Gasteiger partial charge in [-0.15, -0.1) is 0 Å². The minimum absolute atomic E-state index is 0.159. The fourth-order valence-corrected chi connectivity index (χ4v) is 2.64. The molecule has 2 rings (SSSR count). The molecule has 0 bridgehead atoms. The second-order valence-corrected chi connectivity index (χ2v) is 4.99. The van der Waals surface area contributed by atoms with Gasteiger partial charge in [0.05, 0.1) is 6.10 Å². The van der Waals surface area contributed by atoms with Gasteiger partial charge in [0.15, 0.2) is 0 Å². The number of likely N-dealkylation sites (N-methyl/N-ethyl adjacent to an activating group) is 1. The Balaban J connectivity index is 2.07. The predicted molar refractivity (Wildman–Crippen MR) is 71.3 cm³/mol. The number of halogens is 1. The second kappa shape index (κ2) is 6.30. The number of nitrogens with one attached hydrogen (secondary N) is 1. The summed E-state index contributed by atoms with van der Waals surface area (Å²) >= 11 is 0. The van der Waals surface area contributed by atoms with E-state index in [2.05, 4.69) is 12.2 Å². The summed E-state index contributed by atoms with van der Waals surface area (Å²) in [4.78, 5) is 0.